The molecule has 0 saturated heterocycles. The van der Waals surface area contributed by atoms with Crippen molar-refractivity contribution in [2.75, 3.05) is 13.6 Å². The summed E-state index contributed by atoms with van der Waals surface area (Å²) in [5, 5.41) is 1.06. The molecule has 1 aliphatic carbocycles. The van der Waals surface area contributed by atoms with Gasteiger partial charge >= 0.3 is 0 Å². The van der Waals surface area contributed by atoms with Crippen molar-refractivity contribution < 1.29 is 4.79 Å². The lowest BCUT2D eigenvalue weighted by Crippen LogP contribution is -2.40. The van der Waals surface area contributed by atoms with Gasteiger partial charge in [0.1, 0.15) is 0 Å². The molecule has 1 aliphatic rings. The standard InChI is InChI=1S/C17H29N3OS/c1-12-16(22-14(3)19-12)13(2)20(4)15(21)10-17(11-18)8-6-5-7-9-17/h13H,5-11,18H2,1-4H3. The van der Waals surface area contributed by atoms with Crippen LogP contribution < -0.4 is 5.73 Å². The average Bonchev–Trinajstić information content (AvgIpc) is 2.85. The molecule has 1 aromatic rings. The Morgan fingerprint density at radius 3 is 2.50 bits per heavy atom. The molecule has 1 atom stereocenters. The first-order chi connectivity index (χ1) is 10.4. The Morgan fingerprint density at radius 2 is 2.00 bits per heavy atom. The molecule has 1 saturated carbocycles. The second-order valence-electron chi connectivity index (χ2n) is 6.80. The van der Waals surface area contributed by atoms with Gasteiger partial charge < -0.3 is 10.6 Å². The van der Waals surface area contributed by atoms with Crippen molar-refractivity contribution in [1.82, 2.24) is 9.88 Å². The number of hydrogen-bond donors (Lipinski definition) is 1. The van der Waals surface area contributed by atoms with Gasteiger partial charge in [-0.05, 0) is 45.6 Å². The smallest absolute Gasteiger partial charge is 0.223 e. The molecule has 4 nitrogen and oxygen atoms in total. The first-order valence-electron chi connectivity index (χ1n) is 8.28. The van der Waals surface area contributed by atoms with E-state index < -0.39 is 0 Å². The second-order valence-corrected chi connectivity index (χ2v) is 8.04. The molecule has 1 aromatic heterocycles. The first-order valence-corrected chi connectivity index (χ1v) is 9.10. The van der Waals surface area contributed by atoms with Crippen LogP contribution in [0.2, 0.25) is 0 Å². The molecule has 0 spiro atoms. The summed E-state index contributed by atoms with van der Waals surface area (Å²) in [6, 6.07) is 0.0807. The Labute approximate surface area is 138 Å². The first kappa shape index (κ1) is 17.4. The molecule has 1 amide bonds. The highest BCUT2D eigenvalue weighted by Gasteiger charge is 2.35. The van der Waals surface area contributed by atoms with Crippen molar-refractivity contribution in [2.45, 2.75) is 65.3 Å². The molecule has 2 N–H and O–H groups in total. The largest absolute Gasteiger partial charge is 0.338 e. The summed E-state index contributed by atoms with van der Waals surface area (Å²) < 4.78 is 0. The number of carbonyl (C=O) groups is 1. The van der Waals surface area contributed by atoms with Gasteiger partial charge in [0.2, 0.25) is 5.91 Å². The van der Waals surface area contributed by atoms with Crippen LogP contribution >= 0.6 is 11.3 Å². The molecule has 0 bridgehead atoms. The van der Waals surface area contributed by atoms with Gasteiger partial charge in [-0.1, -0.05) is 19.3 Å². The predicted octanol–water partition coefficient (Wildman–Crippen LogP) is 3.58. The molecule has 1 fully saturated rings. The fourth-order valence-electron chi connectivity index (χ4n) is 3.53. The van der Waals surface area contributed by atoms with Crippen molar-refractivity contribution in [3.8, 4) is 0 Å². The second kappa shape index (κ2) is 7.09. The topological polar surface area (TPSA) is 59.2 Å². The quantitative estimate of drug-likeness (QED) is 0.901. The summed E-state index contributed by atoms with van der Waals surface area (Å²) in [6.45, 7) is 6.75. The van der Waals surface area contributed by atoms with Gasteiger partial charge in [-0.2, -0.15) is 0 Å². The number of thiazole rings is 1. The molecular formula is C17H29N3OS. The van der Waals surface area contributed by atoms with Gasteiger partial charge in [0.05, 0.1) is 16.7 Å². The molecule has 124 valence electrons. The van der Waals surface area contributed by atoms with E-state index in [1.807, 2.05) is 25.8 Å². The van der Waals surface area contributed by atoms with E-state index in [0.717, 1.165) is 23.5 Å². The summed E-state index contributed by atoms with van der Waals surface area (Å²) in [7, 11) is 1.91. The number of nitrogens with zero attached hydrogens (tertiary/aromatic N) is 2. The lowest BCUT2D eigenvalue weighted by molar-refractivity contribution is -0.134. The number of rotatable bonds is 5. The van der Waals surface area contributed by atoms with E-state index in [4.69, 9.17) is 5.73 Å². The third-order valence-corrected chi connectivity index (χ3v) is 6.41. The highest BCUT2D eigenvalue weighted by Crippen LogP contribution is 2.39. The summed E-state index contributed by atoms with van der Waals surface area (Å²) in [4.78, 5) is 20.3. The van der Waals surface area contributed by atoms with Crippen LogP contribution in [0, 0.1) is 19.3 Å². The summed E-state index contributed by atoms with van der Waals surface area (Å²) in [5.74, 6) is 0.213. The van der Waals surface area contributed by atoms with Gasteiger partial charge in [0.15, 0.2) is 0 Å². The Bertz CT molecular complexity index is 520. The monoisotopic (exact) mass is 323 g/mol. The maximum absolute atomic E-state index is 12.8. The molecule has 22 heavy (non-hydrogen) atoms. The van der Waals surface area contributed by atoms with Crippen LogP contribution in [-0.4, -0.2) is 29.4 Å². The van der Waals surface area contributed by atoms with Crippen LogP contribution in [0.4, 0.5) is 0 Å². The van der Waals surface area contributed by atoms with E-state index >= 15 is 0 Å². The van der Waals surface area contributed by atoms with Crippen molar-refractivity contribution in [1.29, 1.82) is 0 Å². The van der Waals surface area contributed by atoms with Crippen molar-refractivity contribution in [3.63, 3.8) is 0 Å². The van der Waals surface area contributed by atoms with Gasteiger partial charge in [0.25, 0.3) is 0 Å². The fourth-order valence-corrected chi connectivity index (χ4v) is 4.55. The van der Waals surface area contributed by atoms with E-state index in [2.05, 4.69) is 11.9 Å². The molecule has 0 aromatic carbocycles. The normalized spacial score (nSPS) is 19.0. The number of aryl methyl sites for hydroxylation is 2. The van der Waals surface area contributed by atoms with Crippen molar-refractivity contribution in [3.05, 3.63) is 15.6 Å². The van der Waals surface area contributed by atoms with E-state index in [1.165, 1.54) is 24.1 Å². The number of aromatic nitrogens is 1. The van der Waals surface area contributed by atoms with Gasteiger partial charge in [-0.3, -0.25) is 4.79 Å². The van der Waals surface area contributed by atoms with Crippen LogP contribution in [0.3, 0.4) is 0 Å². The zero-order valence-corrected chi connectivity index (χ0v) is 15.1. The van der Waals surface area contributed by atoms with E-state index in [0.29, 0.717) is 13.0 Å². The minimum atomic E-state index is 0.0297. The van der Waals surface area contributed by atoms with E-state index in [-0.39, 0.29) is 17.4 Å². The van der Waals surface area contributed by atoms with Crippen molar-refractivity contribution >= 4 is 17.2 Å². The third kappa shape index (κ3) is 3.69. The number of carbonyl (C=O) groups excluding carboxylic acids is 1. The highest BCUT2D eigenvalue weighted by atomic mass is 32.1. The molecule has 2 rings (SSSR count). The van der Waals surface area contributed by atoms with Crippen LogP contribution in [0.5, 0.6) is 0 Å². The maximum atomic E-state index is 12.8. The Morgan fingerprint density at radius 1 is 1.36 bits per heavy atom. The lowest BCUT2D eigenvalue weighted by atomic mass is 9.71. The Balaban J connectivity index is 2.06. The average molecular weight is 324 g/mol. The SMILES string of the molecule is Cc1nc(C)c(C(C)N(C)C(=O)CC2(CN)CCCCC2)s1. The number of hydrogen-bond acceptors (Lipinski definition) is 4. The Hall–Kier alpha value is -0.940. The summed E-state index contributed by atoms with van der Waals surface area (Å²) in [5.41, 5.74) is 7.09. The summed E-state index contributed by atoms with van der Waals surface area (Å²) >= 11 is 1.69. The number of nitrogens with two attached hydrogens (primary N) is 1. The van der Waals surface area contributed by atoms with Crippen LogP contribution in [0.25, 0.3) is 0 Å². The molecule has 5 heteroatoms. The van der Waals surface area contributed by atoms with Gasteiger partial charge in [-0.25, -0.2) is 4.98 Å². The van der Waals surface area contributed by atoms with Crippen molar-refractivity contribution in [2.24, 2.45) is 11.1 Å². The predicted molar refractivity (Wildman–Crippen MR) is 92.0 cm³/mol. The molecule has 1 heterocycles. The zero-order chi connectivity index (χ0) is 16.3. The maximum Gasteiger partial charge on any atom is 0.223 e. The highest BCUT2D eigenvalue weighted by molar-refractivity contribution is 7.11. The van der Waals surface area contributed by atoms with E-state index in [1.54, 1.807) is 11.3 Å². The van der Waals surface area contributed by atoms with E-state index in [9.17, 15) is 4.79 Å². The molecule has 0 radical (unpaired) electrons. The van der Waals surface area contributed by atoms with Gasteiger partial charge in [0, 0.05) is 18.3 Å². The van der Waals surface area contributed by atoms with Crippen LogP contribution in [-0.2, 0) is 4.79 Å². The van der Waals surface area contributed by atoms with Gasteiger partial charge in [-0.15, -0.1) is 11.3 Å². The summed E-state index contributed by atoms with van der Waals surface area (Å²) in [6.07, 6.45) is 6.46. The fraction of sp³-hybridized carbons (Fsp3) is 0.765. The Kier molecular flexibility index (Phi) is 5.61. The molecule has 1 unspecified atom stereocenters. The van der Waals surface area contributed by atoms with Crippen LogP contribution in [0.15, 0.2) is 0 Å². The lowest BCUT2D eigenvalue weighted by Gasteiger charge is -2.37. The third-order valence-electron chi connectivity index (χ3n) is 5.17. The molecular weight excluding hydrogens is 294 g/mol. The minimum Gasteiger partial charge on any atom is -0.338 e. The molecule has 0 aliphatic heterocycles. The van der Waals surface area contributed by atoms with Crippen LogP contribution in [0.1, 0.15) is 67.1 Å². The minimum absolute atomic E-state index is 0.0297. The zero-order valence-electron chi connectivity index (χ0n) is 14.3. The number of amides is 1.